The molecule has 57 heavy (non-hydrogen) atoms. The minimum absolute atomic E-state index is 0.196. The second kappa shape index (κ2) is 17.8. The minimum atomic E-state index is -0.800. The summed E-state index contributed by atoms with van der Waals surface area (Å²) < 4.78 is 12.6. The van der Waals surface area contributed by atoms with E-state index in [0.717, 1.165) is 34.4 Å². The van der Waals surface area contributed by atoms with Crippen molar-refractivity contribution in [3.8, 4) is 16.9 Å². The number of likely N-dealkylation sites (N-methyl/N-ethyl adjacent to an activating group) is 1. The molecule has 0 radical (unpaired) electrons. The molecule has 0 spiro atoms. The lowest BCUT2D eigenvalue weighted by Gasteiger charge is -2.62. The van der Waals surface area contributed by atoms with Crippen LogP contribution in [0.4, 0.5) is 5.69 Å². The summed E-state index contributed by atoms with van der Waals surface area (Å²) in [6, 6.07) is 20.7. The van der Waals surface area contributed by atoms with Gasteiger partial charge in [0.15, 0.2) is 0 Å². The van der Waals surface area contributed by atoms with Crippen LogP contribution in [0, 0.1) is 29.1 Å². The number of carbonyl (C=O) groups is 2. The minimum Gasteiger partial charge on any atom is -0.496 e. The van der Waals surface area contributed by atoms with Gasteiger partial charge in [0, 0.05) is 63.0 Å². The first-order chi connectivity index (χ1) is 27.1. The second-order valence-corrected chi connectivity index (χ2v) is 17.3. The molecule has 2 amide bonds. The predicted molar refractivity (Wildman–Crippen MR) is 221 cm³/mol. The second-order valence-electron chi connectivity index (χ2n) is 17.3. The number of aliphatic hydroxyl groups is 2. The molecule has 1 aliphatic heterocycles. The van der Waals surface area contributed by atoms with E-state index < -0.39 is 30.4 Å². The molecule has 12 heteroatoms. The molecule has 4 aliphatic rings. The number of aliphatic hydroxyl groups excluding tert-OH is 2. The number of hydroxylamine groups is 2. The Bertz CT molecular complexity index is 1850. The molecule has 9 atom stereocenters. The van der Waals surface area contributed by atoms with Gasteiger partial charge in [-0.1, -0.05) is 69.3 Å². The number of nitrogens with zero attached hydrogens (tertiary/aromatic N) is 3. The Balaban J connectivity index is 1.25. The van der Waals surface area contributed by atoms with Crippen LogP contribution in [-0.2, 0) is 27.3 Å². The lowest BCUT2D eigenvalue weighted by atomic mass is 9.45. The Labute approximate surface area is 338 Å². The summed E-state index contributed by atoms with van der Waals surface area (Å²) in [7, 11) is 8.81. The summed E-state index contributed by atoms with van der Waals surface area (Å²) in [5.74, 6) is 1.46. The monoisotopic (exact) mass is 785 g/mol. The van der Waals surface area contributed by atoms with E-state index in [1.54, 1.807) is 33.2 Å². The Morgan fingerprint density at radius 1 is 1.04 bits per heavy atom. The Hall–Kier alpha value is -4.04. The molecule has 4 fully saturated rings. The highest BCUT2D eigenvalue weighted by atomic mass is 16.7. The zero-order valence-corrected chi connectivity index (χ0v) is 35.1. The molecule has 12 nitrogen and oxygen atoms in total. The van der Waals surface area contributed by atoms with E-state index in [1.165, 1.54) is 11.3 Å². The van der Waals surface area contributed by atoms with Crippen molar-refractivity contribution < 1.29 is 34.1 Å². The Morgan fingerprint density at radius 3 is 2.39 bits per heavy atom. The molecule has 0 aromatic heterocycles. The fraction of sp³-hybridized carbons (Fsp3) is 0.556. The van der Waals surface area contributed by atoms with E-state index >= 15 is 0 Å². The molecule has 4 N–H and O–H groups in total. The largest absolute Gasteiger partial charge is 0.496 e. The average molecular weight is 786 g/mol. The van der Waals surface area contributed by atoms with Crippen LogP contribution in [0.1, 0.15) is 62.0 Å². The first kappa shape index (κ1) is 42.6. The number of hydrogen-bond donors (Lipinski definition) is 4. The van der Waals surface area contributed by atoms with Crippen LogP contribution in [-0.4, -0.2) is 111 Å². The van der Waals surface area contributed by atoms with Crippen molar-refractivity contribution in [2.45, 2.75) is 84.0 Å². The Kier molecular flexibility index (Phi) is 13.3. The van der Waals surface area contributed by atoms with Crippen molar-refractivity contribution in [2.75, 3.05) is 53.5 Å². The molecule has 7 rings (SSSR count). The van der Waals surface area contributed by atoms with E-state index in [2.05, 4.69) is 31.4 Å². The summed E-state index contributed by atoms with van der Waals surface area (Å²) in [5.41, 5.74) is 4.83. The van der Waals surface area contributed by atoms with E-state index in [4.69, 9.17) is 14.3 Å². The molecule has 1 saturated heterocycles. The van der Waals surface area contributed by atoms with Crippen LogP contribution in [0.3, 0.4) is 0 Å². The van der Waals surface area contributed by atoms with Crippen LogP contribution >= 0.6 is 0 Å². The summed E-state index contributed by atoms with van der Waals surface area (Å²) in [5, 5.41) is 29.6. The third-order valence-corrected chi connectivity index (χ3v) is 13.0. The number of carbonyl (C=O) groups excluding carboxylic acids is 2. The number of nitrogens with one attached hydrogen (secondary N) is 2. The smallest absolute Gasteiger partial charge is 0.252 e. The molecule has 3 saturated carbocycles. The number of amides is 2. The number of hydrogen-bond acceptors (Lipinski definition) is 10. The third kappa shape index (κ3) is 9.01. The standard InChI is InChI=1S/C45H63N5O7/c1-27-36-22-33(45(36,3)4)23-37(27)46-26-56-44-40(28(2)52)39(25-51)57-50(44)24-30-16-13-17-35(41(30)55-9)31-19-32(21-34(20-31)48(5)6)42(53)47-38(43(54)49(7)8)18-29-14-11-10-12-15-29/h10-17,19-21,27-28,33,36-40,44,46,51-52H,18,22-26H2,1-9H3,(H,47,53)/t27-,28-,33+,36-,37-,38-,39-,40-,44+/m0/s1. The number of anilines is 1. The first-order valence-corrected chi connectivity index (χ1v) is 20.3. The van der Waals surface area contributed by atoms with Crippen molar-refractivity contribution in [1.82, 2.24) is 20.6 Å². The summed E-state index contributed by atoms with van der Waals surface area (Å²) in [6.07, 6.45) is 0.657. The van der Waals surface area contributed by atoms with Gasteiger partial charge in [-0.2, -0.15) is 5.06 Å². The van der Waals surface area contributed by atoms with Gasteiger partial charge >= 0.3 is 0 Å². The van der Waals surface area contributed by atoms with E-state index in [-0.39, 0.29) is 31.7 Å². The van der Waals surface area contributed by atoms with Crippen molar-refractivity contribution in [2.24, 2.45) is 29.1 Å². The normalized spacial score (nSPS) is 26.3. The van der Waals surface area contributed by atoms with Crippen LogP contribution in [0.2, 0.25) is 0 Å². The number of methoxy groups -OCH3 is 1. The number of benzene rings is 3. The highest BCUT2D eigenvalue weighted by Gasteiger charge is 2.56. The first-order valence-electron chi connectivity index (χ1n) is 20.3. The van der Waals surface area contributed by atoms with Gasteiger partial charge in [0.05, 0.1) is 39.0 Å². The third-order valence-electron chi connectivity index (χ3n) is 13.0. The quantitative estimate of drug-likeness (QED) is 0.148. The van der Waals surface area contributed by atoms with Gasteiger partial charge in [0.2, 0.25) is 5.91 Å². The van der Waals surface area contributed by atoms with Gasteiger partial charge in [-0.3, -0.25) is 19.7 Å². The van der Waals surface area contributed by atoms with Gasteiger partial charge in [-0.15, -0.1) is 0 Å². The van der Waals surface area contributed by atoms with Crippen LogP contribution in [0.15, 0.2) is 66.7 Å². The summed E-state index contributed by atoms with van der Waals surface area (Å²) in [6.45, 7) is 9.08. The number of para-hydroxylation sites is 1. The van der Waals surface area contributed by atoms with Gasteiger partial charge in [-0.05, 0) is 72.3 Å². The van der Waals surface area contributed by atoms with Gasteiger partial charge in [0.1, 0.15) is 24.1 Å². The fourth-order valence-electron chi connectivity index (χ4n) is 9.47. The fourth-order valence-corrected chi connectivity index (χ4v) is 9.47. The van der Waals surface area contributed by atoms with Crippen molar-refractivity contribution in [1.29, 1.82) is 0 Å². The lowest BCUT2D eigenvalue weighted by molar-refractivity contribution is -0.227. The number of fused-ring (bicyclic) bond motifs is 2. The van der Waals surface area contributed by atoms with Crippen molar-refractivity contribution in [3.05, 3.63) is 83.4 Å². The zero-order chi connectivity index (χ0) is 41.2. The van der Waals surface area contributed by atoms with Crippen molar-refractivity contribution >= 4 is 17.5 Å². The highest BCUT2D eigenvalue weighted by molar-refractivity contribution is 5.99. The highest BCUT2D eigenvalue weighted by Crippen LogP contribution is 2.61. The molecule has 0 unspecified atom stereocenters. The van der Waals surface area contributed by atoms with Crippen LogP contribution < -0.4 is 20.3 Å². The average Bonchev–Trinajstić information content (AvgIpc) is 3.54. The summed E-state index contributed by atoms with van der Waals surface area (Å²) in [4.78, 5) is 37.0. The molecule has 3 aliphatic carbocycles. The zero-order valence-electron chi connectivity index (χ0n) is 35.1. The molecular formula is C45H63N5O7. The van der Waals surface area contributed by atoms with Crippen LogP contribution in [0.25, 0.3) is 11.1 Å². The Morgan fingerprint density at radius 2 is 1.77 bits per heavy atom. The number of ether oxygens (including phenoxy) is 2. The number of rotatable bonds is 16. The topological polar surface area (TPSA) is 136 Å². The van der Waals surface area contributed by atoms with Gasteiger partial charge in [0.25, 0.3) is 5.91 Å². The maximum Gasteiger partial charge on any atom is 0.252 e. The van der Waals surface area contributed by atoms with Crippen LogP contribution in [0.5, 0.6) is 5.75 Å². The van der Waals surface area contributed by atoms with E-state index in [0.29, 0.717) is 46.9 Å². The van der Waals surface area contributed by atoms with E-state index in [9.17, 15) is 19.8 Å². The molecule has 3 aromatic carbocycles. The molecular weight excluding hydrogens is 723 g/mol. The predicted octanol–water partition coefficient (Wildman–Crippen LogP) is 4.92. The molecule has 3 aromatic rings. The maximum atomic E-state index is 14.0. The van der Waals surface area contributed by atoms with Crippen molar-refractivity contribution in [3.63, 3.8) is 0 Å². The SMILES string of the molecule is COc1c(CN2O[C@@H](CO)[C@H]([C@H](C)O)[C@H]2OCN[C@H]2C[C@H]3C[C@@H]([C@@H]2C)C3(C)C)cccc1-c1cc(C(=O)N[C@@H](Cc2ccccc2)C(=O)N(C)C)cc(N(C)C)c1. The summed E-state index contributed by atoms with van der Waals surface area (Å²) >= 11 is 0. The van der Waals surface area contributed by atoms with Gasteiger partial charge in [-0.25, -0.2) is 0 Å². The lowest BCUT2D eigenvalue weighted by Crippen LogP contribution is -2.60. The molecule has 2 bridgehead atoms. The van der Waals surface area contributed by atoms with Gasteiger partial charge < -0.3 is 34.8 Å². The van der Waals surface area contributed by atoms with E-state index in [1.807, 2.05) is 85.7 Å². The maximum absolute atomic E-state index is 14.0. The molecule has 1 heterocycles. The molecule has 310 valence electrons.